The second-order valence-corrected chi connectivity index (χ2v) is 9.71. The first-order chi connectivity index (χ1) is 13.2. The SMILES string of the molecule is Cc1cnc(N)c2nc(C)n(CCCCCS(=O)(=O)c3ccc(Cl)cc3Cl)c12. The number of nitrogens with two attached hydrogens (primary N) is 1. The lowest BCUT2D eigenvalue weighted by Crippen LogP contribution is -2.08. The third-order valence-electron chi connectivity index (χ3n) is 4.70. The van der Waals surface area contributed by atoms with Crippen molar-refractivity contribution in [2.45, 2.75) is 44.6 Å². The smallest absolute Gasteiger partial charge is 0.179 e. The molecule has 3 aromatic rings. The van der Waals surface area contributed by atoms with Gasteiger partial charge in [0, 0.05) is 17.8 Å². The van der Waals surface area contributed by atoms with Crippen molar-refractivity contribution in [3.8, 4) is 0 Å². The van der Waals surface area contributed by atoms with Gasteiger partial charge >= 0.3 is 0 Å². The average Bonchev–Trinajstić information content (AvgIpc) is 2.95. The Labute approximate surface area is 174 Å². The Morgan fingerprint density at radius 1 is 1.14 bits per heavy atom. The van der Waals surface area contributed by atoms with E-state index in [1.165, 1.54) is 18.2 Å². The fourth-order valence-corrected chi connectivity index (χ4v) is 5.48. The van der Waals surface area contributed by atoms with Crippen LogP contribution in [0.1, 0.15) is 30.7 Å². The Hall–Kier alpha value is -1.83. The van der Waals surface area contributed by atoms with Crippen LogP contribution in [-0.4, -0.2) is 28.7 Å². The standard InChI is InChI=1S/C19H22Cl2N4O2S/c1-12-11-23-19(22)17-18(12)25(13(2)24-17)8-4-3-5-9-28(26,27)16-7-6-14(20)10-15(16)21/h6-7,10-11H,3-5,8-9H2,1-2H3,(H2,22,23). The van der Waals surface area contributed by atoms with Crippen molar-refractivity contribution in [1.82, 2.24) is 14.5 Å². The Kier molecular flexibility index (Phi) is 6.17. The number of fused-ring (bicyclic) bond motifs is 1. The Morgan fingerprint density at radius 3 is 2.61 bits per heavy atom. The minimum atomic E-state index is -3.43. The summed E-state index contributed by atoms with van der Waals surface area (Å²) < 4.78 is 27.1. The molecule has 0 aliphatic heterocycles. The predicted molar refractivity (Wildman–Crippen MR) is 114 cm³/mol. The molecular formula is C19H22Cl2N4O2S. The molecule has 0 aliphatic carbocycles. The summed E-state index contributed by atoms with van der Waals surface area (Å²) in [5.74, 6) is 1.35. The number of hydrogen-bond acceptors (Lipinski definition) is 5. The van der Waals surface area contributed by atoms with Crippen LogP contribution in [0, 0.1) is 13.8 Å². The highest BCUT2D eigenvalue weighted by Gasteiger charge is 2.18. The number of hydrogen-bond donors (Lipinski definition) is 1. The normalized spacial score (nSPS) is 12.0. The average molecular weight is 441 g/mol. The van der Waals surface area contributed by atoms with Crippen molar-refractivity contribution in [3.05, 3.63) is 45.8 Å². The molecule has 0 radical (unpaired) electrons. The van der Waals surface area contributed by atoms with Crippen molar-refractivity contribution in [2.75, 3.05) is 11.5 Å². The Balaban J connectivity index is 1.62. The minimum absolute atomic E-state index is 0.0495. The number of nitrogen functional groups attached to an aromatic ring is 1. The van der Waals surface area contributed by atoms with Gasteiger partial charge in [0.1, 0.15) is 11.3 Å². The van der Waals surface area contributed by atoms with Crippen molar-refractivity contribution in [2.24, 2.45) is 0 Å². The highest BCUT2D eigenvalue weighted by Crippen LogP contribution is 2.27. The first-order valence-electron chi connectivity index (χ1n) is 8.96. The van der Waals surface area contributed by atoms with Gasteiger partial charge in [-0.3, -0.25) is 0 Å². The van der Waals surface area contributed by atoms with Gasteiger partial charge in [0.15, 0.2) is 15.7 Å². The second kappa shape index (κ2) is 8.27. The predicted octanol–water partition coefficient (Wildman–Crippen LogP) is 4.58. The fourth-order valence-electron chi connectivity index (χ4n) is 3.28. The lowest BCUT2D eigenvalue weighted by molar-refractivity contribution is 0.577. The molecule has 0 amide bonds. The fraction of sp³-hybridized carbons (Fsp3) is 0.368. The van der Waals surface area contributed by atoms with E-state index in [2.05, 4.69) is 14.5 Å². The first-order valence-corrected chi connectivity index (χ1v) is 11.4. The molecule has 2 heterocycles. The van der Waals surface area contributed by atoms with Crippen LogP contribution >= 0.6 is 23.2 Å². The summed E-state index contributed by atoms with van der Waals surface area (Å²) in [5.41, 5.74) is 8.67. The summed E-state index contributed by atoms with van der Waals surface area (Å²) in [5, 5.41) is 0.577. The molecule has 2 N–H and O–H groups in total. The monoisotopic (exact) mass is 440 g/mol. The largest absolute Gasteiger partial charge is 0.382 e. The van der Waals surface area contributed by atoms with Crippen LogP contribution in [0.4, 0.5) is 5.82 Å². The zero-order chi connectivity index (χ0) is 20.5. The summed E-state index contributed by atoms with van der Waals surface area (Å²) in [6.45, 7) is 4.66. The Bertz CT molecular complexity index is 1130. The topological polar surface area (TPSA) is 90.9 Å². The van der Waals surface area contributed by atoms with Crippen LogP contribution in [0.5, 0.6) is 0 Å². The number of rotatable bonds is 7. The van der Waals surface area contributed by atoms with Crippen LogP contribution in [0.3, 0.4) is 0 Å². The van der Waals surface area contributed by atoms with Gasteiger partial charge < -0.3 is 10.3 Å². The van der Waals surface area contributed by atoms with E-state index in [-0.39, 0.29) is 15.7 Å². The van der Waals surface area contributed by atoms with Gasteiger partial charge in [0.2, 0.25) is 0 Å². The van der Waals surface area contributed by atoms with Gasteiger partial charge in [0.05, 0.1) is 21.2 Å². The van der Waals surface area contributed by atoms with Gasteiger partial charge in [-0.05, 0) is 50.5 Å². The second-order valence-electron chi connectivity index (χ2n) is 6.79. The third kappa shape index (κ3) is 4.26. The van der Waals surface area contributed by atoms with E-state index in [1.54, 1.807) is 6.20 Å². The molecule has 0 atom stereocenters. The number of benzene rings is 1. The van der Waals surface area contributed by atoms with Gasteiger partial charge in [-0.2, -0.15) is 0 Å². The van der Waals surface area contributed by atoms with Crippen LogP contribution in [0.25, 0.3) is 11.0 Å². The number of nitrogens with zero attached hydrogens (tertiary/aromatic N) is 3. The van der Waals surface area contributed by atoms with E-state index in [1.807, 2.05) is 13.8 Å². The van der Waals surface area contributed by atoms with Crippen LogP contribution in [0.2, 0.25) is 10.0 Å². The van der Waals surface area contributed by atoms with Gasteiger partial charge in [-0.1, -0.05) is 29.6 Å². The molecule has 0 bridgehead atoms. The van der Waals surface area contributed by atoms with Crippen molar-refractivity contribution < 1.29 is 8.42 Å². The number of sulfone groups is 1. The zero-order valence-electron chi connectivity index (χ0n) is 15.7. The summed E-state index contributed by atoms with van der Waals surface area (Å²) in [7, 11) is -3.43. The van der Waals surface area contributed by atoms with Gasteiger partial charge in [-0.15, -0.1) is 0 Å². The minimum Gasteiger partial charge on any atom is -0.382 e. The van der Waals surface area contributed by atoms with Gasteiger partial charge in [0.25, 0.3) is 0 Å². The van der Waals surface area contributed by atoms with Crippen molar-refractivity contribution in [1.29, 1.82) is 0 Å². The number of halogens is 2. The maximum atomic E-state index is 12.5. The number of imidazole rings is 1. The molecule has 0 saturated carbocycles. The molecule has 1 aromatic carbocycles. The van der Waals surface area contributed by atoms with Gasteiger partial charge in [-0.25, -0.2) is 18.4 Å². The van der Waals surface area contributed by atoms with E-state index in [0.717, 1.165) is 41.8 Å². The van der Waals surface area contributed by atoms with Crippen LogP contribution < -0.4 is 5.73 Å². The highest BCUT2D eigenvalue weighted by atomic mass is 35.5. The van der Waals surface area contributed by atoms with Crippen LogP contribution in [0.15, 0.2) is 29.3 Å². The molecule has 0 fully saturated rings. The summed E-state index contributed by atoms with van der Waals surface area (Å²) in [4.78, 5) is 8.81. The summed E-state index contributed by atoms with van der Waals surface area (Å²) in [6, 6.07) is 4.45. The highest BCUT2D eigenvalue weighted by molar-refractivity contribution is 7.91. The number of pyridine rings is 1. The molecule has 2 aromatic heterocycles. The van der Waals surface area contributed by atoms with E-state index >= 15 is 0 Å². The van der Waals surface area contributed by atoms with Crippen molar-refractivity contribution >= 4 is 49.9 Å². The molecular weight excluding hydrogens is 419 g/mol. The molecule has 6 nitrogen and oxygen atoms in total. The maximum Gasteiger partial charge on any atom is 0.179 e. The third-order valence-corrected chi connectivity index (χ3v) is 7.21. The molecule has 0 saturated heterocycles. The van der Waals surface area contributed by atoms with E-state index in [9.17, 15) is 8.42 Å². The molecule has 9 heteroatoms. The molecule has 3 rings (SSSR count). The van der Waals surface area contributed by atoms with Crippen molar-refractivity contribution in [3.63, 3.8) is 0 Å². The molecule has 0 unspecified atom stereocenters. The molecule has 150 valence electrons. The number of unbranched alkanes of at least 4 members (excludes halogenated alkanes) is 2. The lowest BCUT2D eigenvalue weighted by atomic mass is 10.2. The van der Waals surface area contributed by atoms with Crippen LogP contribution in [-0.2, 0) is 16.4 Å². The summed E-state index contributed by atoms with van der Waals surface area (Å²) >= 11 is 11.9. The van der Waals surface area contributed by atoms with E-state index in [0.29, 0.717) is 17.3 Å². The number of anilines is 1. The van der Waals surface area contributed by atoms with E-state index in [4.69, 9.17) is 28.9 Å². The summed E-state index contributed by atoms with van der Waals surface area (Å²) in [6.07, 6.45) is 3.90. The molecule has 0 spiro atoms. The first kappa shape index (κ1) is 20.9. The van der Waals surface area contributed by atoms with E-state index < -0.39 is 9.84 Å². The number of aryl methyl sites for hydroxylation is 3. The Morgan fingerprint density at radius 2 is 1.89 bits per heavy atom. The molecule has 28 heavy (non-hydrogen) atoms. The zero-order valence-corrected chi connectivity index (χ0v) is 18.1. The number of aromatic nitrogens is 3. The maximum absolute atomic E-state index is 12.5. The lowest BCUT2D eigenvalue weighted by Gasteiger charge is -2.10. The molecule has 0 aliphatic rings. The quantitative estimate of drug-likeness (QED) is 0.542.